The Kier molecular flexibility index (Phi) is 6.87. The smallest absolute Gasteiger partial charge is 0.407 e. The van der Waals surface area contributed by atoms with Gasteiger partial charge < -0.3 is 20.1 Å². The highest BCUT2D eigenvalue weighted by Crippen LogP contribution is 2.44. The number of rotatable bonds is 7. The van der Waals surface area contributed by atoms with Crippen LogP contribution in [0.25, 0.3) is 11.1 Å². The molecule has 1 aliphatic rings. The lowest BCUT2D eigenvalue weighted by molar-refractivity contribution is -0.149. The van der Waals surface area contributed by atoms with E-state index < -0.39 is 36.1 Å². The molecule has 0 saturated carbocycles. The maximum absolute atomic E-state index is 13.0. The second-order valence-corrected chi connectivity index (χ2v) is 8.92. The summed E-state index contributed by atoms with van der Waals surface area (Å²) in [6, 6.07) is 15.2. The van der Waals surface area contributed by atoms with Gasteiger partial charge in [-0.3, -0.25) is 9.59 Å². The zero-order valence-corrected chi connectivity index (χ0v) is 18.9. The van der Waals surface area contributed by atoms with Crippen LogP contribution in [0.2, 0.25) is 0 Å². The number of hydrogen-bond donors (Lipinski definition) is 2. The van der Waals surface area contributed by atoms with Gasteiger partial charge in [0.2, 0.25) is 5.91 Å². The number of hydrogen-bond acceptors (Lipinski definition) is 4. The van der Waals surface area contributed by atoms with Gasteiger partial charge in [-0.05, 0) is 49.4 Å². The van der Waals surface area contributed by atoms with Crippen molar-refractivity contribution in [3.8, 4) is 11.1 Å². The third kappa shape index (κ3) is 4.93. The molecule has 2 aromatic carbocycles. The normalized spacial score (nSPS) is 13.6. The lowest BCUT2D eigenvalue weighted by Crippen LogP contribution is -2.56. The molecule has 32 heavy (non-hydrogen) atoms. The fourth-order valence-electron chi connectivity index (χ4n) is 4.09. The predicted molar refractivity (Wildman–Crippen MR) is 121 cm³/mol. The summed E-state index contributed by atoms with van der Waals surface area (Å²) in [5, 5.41) is 11.8. The van der Waals surface area contributed by atoms with E-state index in [2.05, 4.69) is 17.4 Å². The molecule has 7 nitrogen and oxygen atoms in total. The second-order valence-electron chi connectivity index (χ2n) is 8.92. The van der Waals surface area contributed by atoms with E-state index in [-0.39, 0.29) is 12.5 Å². The van der Waals surface area contributed by atoms with Crippen molar-refractivity contribution in [2.45, 2.75) is 51.6 Å². The Morgan fingerprint density at radius 2 is 1.56 bits per heavy atom. The van der Waals surface area contributed by atoms with E-state index in [1.165, 1.54) is 4.90 Å². The number of amides is 2. The van der Waals surface area contributed by atoms with Crippen LogP contribution in [0.5, 0.6) is 0 Å². The Bertz CT molecular complexity index is 966. The number of nitrogens with one attached hydrogen (secondary N) is 1. The fraction of sp³-hybridized carbons (Fsp3) is 0.400. The van der Waals surface area contributed by atoms with Gasteiger partial charge in [0.05, 0.1) is 0 Å². The van der Waals surface area contributed by atoms with Crippen LogP contribution in [0.15, 0.2) is 48.5 Å². The first-order chi connectivity index (χ1) is 15.1. The molecule has 0 saturated heterocycles. The molecule has 0 unspecified atom stereocenters. The lowest BCUT2D eigenvalue weighted by atomic mass is 9.98. The van der Waals surface area contributed by atoms with Gasteiger partial charge in [-0.15, -0.1) is 0 Å². The van der Waals surface area contributed by atoms with Crippen LogP contribution in [-0.4, -0.2) is 52.7 Å². The maximum atomic E-state index is 13.0. The first kappa shape index (κ1) is 23.3. The number of carbonyl (C=O) groups excluding carboxylic acids is 2. The van der Waals surface area contributed by atoms with Crippen molar-refractivity contribution in [2.24, 2.45) is 0 Å². The highest BCUT2D eigenvalue weighted by molar-refractivity contribution is 5.88. The number of ether oxygens (including phenoxy) is 1. The van der Waals surface area contributed by atoms with Crippen LogP contribution in [0.4, 0.5) is 4.79 Å². The largest absolute Gasteiger partial charge is 0.480 e. The number of benzene rings is 2. The average Bonchev–Trinajstić information content (AvgIpc) is 3.07. The Balaban J connectivity index is 1.69. The van der Waals surface area contributed by atoms with Crippen molar-refractivity contribution in [3.63, 3.8) is 0 Å². The molecule has 1 atom stereocenters. The zero-order chi connectivity index (χ0) is 23.5. The van der Waals surface area contributed by atoms with E-state index in [1.54, 1.807) is 27.7 Å². The summed E-state index contributed by atoms with van der Waals surface area (Å²) in [7, 11) is 0. The number of nitrogens with zero attached hydrogens (tertiary/aromatic N) is 1. The van der Waals surface area contributed by atoms with E-state index >= 15 is 0 Å². The van der Waals surface area contributed by atoms with E-state index in [0.29, 0.717) is 6.42 Å². The molecule has 2 N–H and O–H groups in total. The molecule has 0 aromatic heterocycles. The molecule has 3 rings (SSSR count). The first-order valence-corrected chi connectivity index (χ1v) is 10.8. The molecule has 2 amide bonds. The standard InChI is InChI=1S/C25H30N2O5/c1-5-21(23(30)27(14-22(28)29)25(2,3)4)26-24(31)32-15-20-18-12-8-6-10-16(18)17-11-7-9-13-19(17)20/h6-13,20-21H,5,14-15H2,1-4H3,(H,26,31)(H,28,29)/t21-/m1/s1. The quantitative estimate of drug-likeness (QED) is 0.681. The van der Waals surface area contributed by atoms with Gasteiger partial charge in [0, 0.05) is 11.5 Å². The average molecular weight is 439 g/mol. The first-order valence-electron chi connectivity index (χ1n) is 10.8. The van der Waals surface area contributed by atoms with Crippen molar-refractivity contribution in [2.75, 3.05) is 13.2 Å². The minimum absolute atomic E-state index is 0.0815. The molecule has 0 spiro atoms. The number of carbonyl (C=O) groups is 3. The minimum Gasteiger partial charge on any atom is -0.480 e. The number of fused-ring (bicyclic) bond motifs is 3. The highest BCUT2D eigenvalue weighted by Gasteiger charge is 2.34. The number of carboxylic acids is 1. The molecule has 170 valence electrons. The number of aliphatic carboxylic acids is 1. The van der Waals surface area contributed by atoms with E-state index in [4.69, 9.17) is 4.74 Å². The van der Waals surface area contributed by atoms with Crippen LogP contribution in [0.1, 0.15) is 51.2 Å². The van der Waals surface area contributed by atoms with Gasteiger partial charge >= 0.3 is 12.1 Å². The van der Waals surface area contributed by atoms with Gasteiger partial charge in [0.1, 0.15) is 19.2 Å². The topological polar surface area (TPSA) is 95.9 Å². The molecule has 0 bridgehead atoms. The zero-order valence-electron chi connectivity index (χ0n) is 18.9. The van der Waals surface area contributed by atoms with E-state index in [1.807, 2.05) is 36.4 Å². The van der Waals surface area contributed by atoms with Gasteiger partial charge in [-0.1, -0.05) is 55.5 Å². The minimum atomic E-state index is -1.11. The summed E-state index contributed by atoms with van der Waals surface area (Å²) in [6.07, 6.45) is -0.383. The molecule has 2 aromatic rings. The predicted octanol–water partition coefficient (Wildman–Crippen LogP) is 4.02. The van der Waals surface area contributed by atoms with Gasteiger partial charge in [-0.25, -0.2) is 4.79 Å². The molecule has 0 fully saturated rings. The molecule has 0 heterocycles. The Labute approximate surface area is 188 Å². The third-order valence-corrected chi connectivity index (χ3v) is 5.71. The Hall–Kier alpha value is -3.35. The van der Waals surface area contributed by atoms with E-state index in [0.717, 1.165) is 22.3 Å². The van der Waals surface area contributed by atoms with Crippen molar-refractivity contribution >= 4 is 18.0 Å². The second kappa shape index (κ2) is 9.42. The summed E-state index contributed by atoms with van der Waals surface area (Å²) in [6.45, 7) is 6.73. The van der Waals surface area contributed by atoms with Crippen molar-refractivity contribution in [3.05, 3.63) is 59.7 Å². The van der Waals surface area contributed by atoms with E-state index in [9.17, 15) is 19.5 Å². The van der Waals surface area contributed by atoms with Gasteiger partial charge in [0.25, 0.3) is 0 Å². The fourth-order valence-corrected chi connectivity index (χ4v) is 4.09. The third-order valence-electron chi connectivity index (χ3n) is 5.71. The molecule has 7 heteroatoms. The Morgan fingerprint density at radius 3 is 2.03 bits per heavy atom. The van der Waals surface area contributed by atoms with Crippen molar-refractivity contribution in [1.29, 1.82) is 0 Å². The molecule has 0 radical (unpaired) electrons. The summed E-state index contributed by atoms with van der Waals surface area (Å²) >= 11 is 0. The van der Waals surface area contributed by atoms with Crippen LogP contribution >= 0.6 is 0 Å². The maximum Gasteiger partial charge on any atom is 0.407 e. The summed E-state index contributed by atoms with van der Waals surface area (Å²) in [5.41, 5.74) is 3.77. The molecule has 1 aliphatic carbocycles. The van der Waals surface area contributed by atoms with Crippen LogP contribution in [0.3, 0.4) is 0 Å². The number of alkyl carbamates (subject to hydrolysis) is 1. The van der Waals surface area contributed by atoms with Crippen LogP contribution in [0, 0.1) is 0 Å². The molecular weight excluding hydrogens is 408 g/mol. The summed E-state index contributed by atoms with van der Waals surface area (Å²) < 4.78 is 5.53. The number of carboxylic acid groups (broad SMARTS) is 1. The monoisotopic (exact) mass is 438 g/mol. The Morgan fingerprint density at radius 1 is 1.03 bits per heavy atom. The molecule has 0 aliphatic heterocycles. The van der Waals surface area contributed by atoms with Crippen molar-refractivity contribution in [1.82, 2.24) is 10.2 Å². The summed E-state index contributed by atoms with van der Waals surface area (Å²) in [4.78, 5) is 38.0. The van der Waals surface area contributed by atoms with Crippen molar-refractivity contribution < 1.29 is 24.2 Å². The lowest BCUT2D eigenvalue weighted by Gasteiger charge is -2.36. The SMILES string of the molecule is CC[C@@H](NC(=O)OCC1c2ccccc2-c2ccccc21)C(=O)N(CC(=O)O)C(C)(C)C. The summed E-state index contributed by atoms with van der Waals surface area (Å²) in [5.74, 6) is -1.64. The van der Waals surface area contributed by atoms with Crippen LogP contribution in [-0.2, 0) is 14.3 Å². The van der Waals surface area contributed by atoms with Crippen LogP contribution < -0.4 is 5.32 Å². The van der Waals surface area contributed by atoms with Gasteiger partial charge in [0.15, 0.2) is 0 Å². The molecular formula is C25H30N2O5. The van der Waals surface area contributed by atoms with Gasteiger partial charge in [-0.2, -0.15) is 0 Å². The highest BCUT2D eigenvalue weighted by atomic mass is 16.5.